The number of benzene rings is 1. The fourth-order valence-corrected chi connectivity index (χ4v) is 3.12. The number of hydrogen-bond acceptors (Lipinski definition) is 3. The average molecular weight is 340 g/mol. The van der Waals surface area contributed by atoms with Crippen molar-refractivity contribution in [1.82, 2.24) is 5.32 Å². The predicted octanol–water partition coefficient (Wildman–Crippen LogP) is 4.24. The molecule has 1 atom stereocenters. The molecule has 1 N–H and O–H groups in total. The van der Waals surface area contributed by atoms with E-state index in [1.54, 1.807) is 11.3 Å². The first kappa shape index (κ1) is 14.6. The molecular formula is C15H18BrNOS. The fraction of sp³-hybridized carbons (Fsp3) is 0.333. The smallest absolute Gasteiger partial charge is 0.122 e. The lowest BCUT2D eigenvalue weighted by atomic mass is 10.1. The molecule has 0 aliphatic heterocycles. The van der Waals surface area contributed by atoms with Gasteiger partial charge in [-0.15, -0.1) is 11.3 Å². The number of hydrogen-bond donors (Lipinski definition) is 1. The Morgan fingerprint density at radius 1 is 1.32 bits per heavy atom. The topological polar surface area (TPSA) is 21.3 Å². The van der Waals surface area contributed by atoms with Gasteiger partial charge in [-0.05, 0) is 60.1 Å². The number of likely N-dealkylation sites (N-methyl/N-ethyl adjacent to an activating group) is 1. The van der Waals surface area contributed by atoms with Gasteiger partial charge in [0, 0.05) is 20.8 Å². The van der Waals surface area contributed by atoms with E-state index >= 15 is 0 Å². The van der Waals surface area contributed by atoms with Crippen LogP contribution < -0.4 is 10.1 Å². The van der Waals surface area contributed by atoms with Crippen molar-refractivity contribution in [1.29, 1.82) is 0 Å². The Labute approximate surface area is 126 Å². The van der Waals surface area contributed by atoms with Crippen LogP contribution in [0.1, 0.15) is 17.4 Å². The van der Waals surface area contributed by atoms with E-state index in [4.69, 9.17) is 4.74 Å². The van der Waals surface area contributed by atoms with Crippen molar-refractivity contribution in [2.24, 2.45) is 0 Å². The molecule has 0 aliphatic carbocycles. The molecule has 0 spiro atoms. The van der Waals surface area contributed by atoms with Crippen molar-refractivity contribution in [3.8, 4) is 5.75 Å². The van der Waals surface area contributed by atoms with Crippen LogP contribution in [0.5, 0.6) is 5.75 Å². The van der Waals surface area contributed by atoms with E-state index in [0.717, 1.165) is 16.6 Å². The molecule has 1 aromatic heterocycles. The number of halogens is 1. The van der Waals surface area contributed by atoms with Crippen LogP contribution in [0, 0.1) is 0 Å². The van der Waals surface area contributed by atoms with Crippen molar-refractivity contribution in [3.05, 3.63) is 50.6 Å². The van der Waals surface area contributed by atoms with Gasteiger partial charge >= 0.3 is 0 Å². The van der Waals surface area contributed by atoms with Gasteiger partial charge in [0.25, 0.3) is 0 Å². The van der Waals surface area contributed by atoms with Gasteiger partial charge in [-0.3, -0.25) is 0 Å². The first-order chi connectivity index (χ1) is 9.17. The zero-order valence-electron chi connectivity index (χ0n) is 11.2. The zero-order valence-corrected chi connectivity index (χ0v) is 13.6. The Balaban J connectivity index is 1.88. The fourth-order valence-electron chi connectivity index (χ4n) is 1.76. The number of rotatable bonds is 6. The van der Waals surface area contributed by atoms with E-state index in [0.29, 0.717) is 12.6 Å². The van der Waals surface area contributed by atoms with Gasteiger partial charge < -0.3 is 10.1 Å². The van der Waals surface area contributed by atoms with Gasteiger partial charge in [0.2, 0.25) is 0 Å². The quantitative estimate of drug-likeness (QED) is 0.849. The second kappa shape index (κ2) is 7.08. The molecule has 0 bridgehead atoms. The summed E-state index contributed by atoms with van der Waals surface area (Å²) in [5.74, 6) is 0.922. The van der Waals surface area contributed by atoms with E-state index < -0.39 is 0 Å². The van der Waals surface area contributed by atoms with Gasteiger partial charge in [-0.25, -0.2) is 0 Å². The third kappa shape index (κ3) is 4.64. The van der Waals surface area contributed by atoms with Crippen LogP contribution >= 0.6 is 27.3 Å². The molecule has 1 heterocycles. The summed E-state index contributed by atoms with van der Waals surface area (Å²) in [6.45, 7) is 2.81. The van der Waals surface area contributed by atoms with Crippen LogP contribution in [0.2, 0.25) is 0 Å². The van der Waals surface area contributed by atoms with Gasteiger partial charge in [0.1, 0.15) is 12.4 Å². The molecular weight excluding hydrogens is 322 g/mol. The summed E-state index contributed by atoms with van der Waals surface area (Å²) in [4.78, 5) is 1.22. The van der Waals surface area contributed by atoms with E-state index in [1.807, 2.05) is 19.2 Å². The van der Waals surface area contributed by atoms with Crippen LogP contribution in [-0.2, 0) is 13.0 Å². The normalized spacial score (nSPS) is 12.4. The SMILES string of the molecule is CNC(C)Cc1ccc(OCc2cc(Br)cs2)cc1. The molecule has 0 amide bonds. The highest BCUT2D eigenvalue weighted by atomic mass is 79.9. The zero-order chi connectivity index (χ0) is 13.7. The first-order valence-corrected chi connectivity index (χ1v) is 7.96. The third-order valence-corrected chi connectivity index (χ3v) is 4.63. The molecule has 2 nitrogen and oxygen atoms in total. The van der Waals surface area contributed by atoms with Crippen LogP contribution in [-0.4, -0.2) is 13.1 Å². The highest BCUT2D eigenvalue weighted by Crippen LogP contribution is 2.22. The Morgan fingerprint density at radius 2 is 2.05 bits per heavy atom. The molecule has 0 fully saturated rings. The van der Waals surface area contributed by atoms with Crippen LogP contribution in [0.3, 0.4) is 0 Å². The predicted molar refractivity (Wildman–Crippen MR) is 85.0 cm³/mol. The number of thiophene rings is 1. The standard InChI is InChI=1S/C15H18BrNOS/c1-11(17-2)7-12-3-5-14(6-4-12)18-9-15-8-13(16)10-19-15/h3-6,8,10-11,17H,7,9H2,1-2H3. The third-order valence-electron chi connectivity index (χ3n) is 2.96. The maximum absolute atomic E-state index is 5.77. The van der Waals surface area contributed by atoms with Crippen LogP contribution in [0.25, 0.3) is 0 Å². The van der Waals surface area contributed by atoms with Crippen molar-refractivity contribution >= 4 is 27.3 Å². The number of nitrogens with one attached hydrogen (secondary N) is 1. The summed E-state index contributed by atoms with van der Waals surface area (Å²) in [7, 11) is 1.99. The summed E-state index contributed by atoms with van der Waals surface area (Å²) in [5, 5.41) is 5.31. The minimum absolute atomic E-state index is 0.496. The summed E-state index contributed by atoms with van der Waals surface area (Å²) < 4.78 is 6.88. The average Bonchev–Trinajstić information content (AvgIpc) is 2.83. The molecule has 0 aliphatic rings. The molecule has 2 aromatic rings. The van der Waals surface area contributed by atoms with Gasteiger partial charge in [0.05, 0.1) is 0 Å². The van der Waals surface area contributed by atoms with Gasteiger partial charge in [-0.2, -0.15) is 0 Å². The largest absolute Gasteiger partial charge is 0.488 e. The van der Waals surface area contributed by atoms with E-state index in [1.165, 1.54) is 10.4 Å². The van der Waals surface area contributed by atoms with Crippen molar-refractivity contribution in [2.75, 3.05) is 7.05 Å². The van der Waals surface area contributed by atoms with E-state index in [9.17, 15) is 0 Å². The lowest BCUT2D eigenvalue weighted by molar-refractivity contribution is 0.309. The molecule has 2 rings (SSSR count). The van der Waals surface area contributed by atoms with Gasteiger partial charge in [-0.1, -0.05) is 12.1 Å². The highest BCUT2D eigenvalue weighted by Gasteiger charge is 2.02. The van der Waals surface area contributed by atoms with Crippen molar-refractivity contribution in [3.63, 3.8) is 0 Å². The lowest BCUT2D eigenvalue weighted by Crippen LogP contribution is -2.23. The summed E-state index contributed by atoms with van der Waals surface area (Å²) in [6.07, 6.45) is 1.04. The van der Waals surface area contributed by atoms with E-state index in [-0.39, 0.29) is 0 Å². The molecule has 19 heavy (non-hydrogen) atoms. The Kier molecular flexibility index (Phi) is 5.43. The summed E-state index contributed by atoms with van der Waals surface area (Å²) >= 11 is 5.15. The van der Waals surface area contributed by atoms with Crippen LogP contribution in [0.15, 0.2) is 40.2 Å². The maximum Gasteiger partial charge on any atom is 0.122 e. The highest BCUT2D eigenvalue weighted by molar-refractivity contribution is 9.10. The maximum atomic E-state index is 5.77. The number of ether oxygens (including phenoxy) is 1. The first-order valence-electron chi connectivity index (χ1n) is 6.29. The molecule has 102 valence electrons. The molecule has 0 saturated carbocycles. The molecule has 1 aromatic carbocycles. The molecule has 4 heteroatoms. The minimum Gasteiger partial charge on any atom is -0.488 e. The second-order valence-corrected chi connectivity index (χ2v) is 6.47. The molecule has 1 unspecified atom stereocenters. The van der Waals surface area contributed by atoms with Crippen LogP contribution in [0.4, 0.5) is 0 Å². The summed E-state index contributed by atoms with van der Waals surface area (Å²) in [6, 6.07) is 10.9. The molecule has 0 radical (unpaired) electrons. The Morgan fingerprint density at radius 3 is 2.63 bits per heavy atom. The summed E-state index contributed by atoms with van der Waals surface area (Å²) in [5.41, 5.74) is 1.33. The lowest BCUT2D eigenvalue weighted by Gasteiger charge is -2.10. The van der Waals surface area contributed by atoms with Crippen molar-refractivity contribution < 1.29 is 4.74 Å². The molecule has 0 saturated heterocycles. The Hall–Kier alpha value is -0.840. The Bertz CT molecular complexity index is 509. The van der Waals surface area contributed by atoms with Crippen molar-refractivity contribution in [2.45, 2.75) is 26.0 Å². The van der Waals surface area contributed by atoms with E-state index in [2.05, 4.69) is 51.7 Å². The second-order valence-electron chi connectivity index (χ2n) is 4.56. The minimum atomic E-state index is 0.496. The monoisotopic (exact) mass is 339 g/mol. The van der Waals surface area contributed by atoms with Gasteiger partial charge in [0.15, 0.2) is 0 Å².